The largest absolute Gasteiger partial charge is 0.378 e. The minimum Gasteiger partial charge on any atom is -0.378 e. The molecule has 18 heavy (non-hydrogen) atoms. The molecule has 2 heterocycles. The van der Waals surface area contributed by atoms with Gasteiger partial charge in [-0.2, -0.15) is 0 Å². The summed E-state index contributed by atoms with van der Waals surface area (Å²) < 4.78 is 16.8. The fraction of sp³-hybridized carbons (Fsp3) is 1.00. The fourth-order valence-electron chi connectivity index (χ4n) is 2.69. The molecule has 2 aliphatic rings. The van der Waals surface area contributed by atoms with Crippen molar-refractivity contribution in [1.82, 2.24) is 5.32 Å². The Balaban J connectivity index is 1.68. The summed E-state index contributed by atoms with van der Waals surface area (Å²) in [6.07, 6.45) is 7.41. The molecule has 0 amide bonds. The van der Waals surface area contributed by atoms with Crippen LogP contribution in [0.1, 0.15) is 45.4 Å². The minimum absolute atomic E-state index is 0.00357. The zero-order valence-corrected chi connectivity index (χ0v) is 11.5. The highest BCUT2D eigenvalue weighted by Gasteiger charge is 2.23. The van der Waals surface area contributed by atoms with Crippen LogP contribution >= 0.6 is 0 Å². The highest BCUT2D eigenvalue weighted by molar-refractivity contribution is 4.74. The third-order valence-electron chi connectivity index (χ3n) is 3.71. The van der Waals surface area contributed by atoms with E-state index in [1.807, 2.05) is 0 Å². The van der Waals surface area contributed by atoms with Gasteiger partial charge in [0.2, 0.25) is 0 Å². The average molecular weight is 257 g/mol. The van der Waals surface area contributed by atoms with Crippen molar-refractivity contribution in [1.29, 1.82) is 0 Å². The number of ether oxygens (including phenoxy) is 3. The van der Waals surface area contributed by atoms with E-state index in [4.69, 9.17) is 14.2 Å². The van der Waals surface area contributed by atoms with E-state index in [0.717, 1.165) is 45.6 Å². The SMILES string of the molecule is CCCNC(CCC1CCCO1)CC1OCCO1. The van der Waals surface area contributed by atoms with Crippen molar-refractivity contribution >= 4 is 0 Å². The first-order valence-corrected chi connectivity index (χ1v) is 7.46. The molecule has 2 aliphatic heterocycles. The molecule has 0 aliphatic carbocycles. The molecule has 0 spiro atoms. The molecule has 0 aromatic rings. The molecule has 0 aromatic carbocycles. The predicted octanol–water partition coefficient (Wildman–Crippen LogP) is 2.08. The summed E-state index contributed by atoms with van der Waals surface area (Å²) in [5, 5.41) is 3.60. The van der Waals surface area contributed by atoms with Gasteiger partial charge in [-0.1, -0.05) is 6.92 Å². The molecule has 2 unspecified atom stereocenters. The van der Waals surface area contributed by atoms with Crippen molar-refractivity contribution in [2.45, 2.75) is 63.9 Å². The van der Waals surface area contributed by atoms with E-state index in [1.54, 1.807) is 0 Å². The molecule has 2 fully saturated rings. The van der Waals surface area contributed by atoms with Gasteiger partial charge in [-0.15, -0.1) is 0 Å². The van der Waals surface area contributed by atoms with Gasteiger partial charge in [-0.3, -0.25) is 0 Å². The quantitative estimate of drug-likeness (QED) is 0.722. The van der Waals surface area contributed by atoms with Crippen LogP contribution in [-0.2, 0) is 14.2 Å². The molecule has 4 heteroatoms. The van der Waals surface area contributed by atoms with Crippen LogP contribution in [-0.4, -0.2) is 44.8 Å². The van der Waals surface area contributed by atoms with Crippen molar-refractivity contribution in [3.05, 3.63) is 0 Å². The second-order valence-electron chi connectivity index (χ2n) is 5.27. The fourth-order valence-corrected chi connectivity index (χ4v) is 2.69. The lowest BCUT2D eigenvalue weighted by molar-refractivity contribution is -0.0539. The van der Waals surface area contributed by atoms with E-state index in [0.29, 0.717) is 12.1 Å². The van der Waals surface area contributed by atoms with Gasteiger partial charge >= 0.3 is 0 Å². The maximum atomic E-state index is 5.69. The second-order valence-corrected chi connectivity index (χ2v) is 5.27. The zero-order chi connectivity index (χ0) is 12.6. The highest BCUT2D eigenvalue weighted by atomic mass is 16.7. The van der Waals surface area contributed by atoms with Gasteiger partial charge in [-0.25, -0.2) is 0 Å². The smallest absolute Gasteiger partial charge is 0.159 e. The van der Waals surface area contributed by atoms with Gasteiger partial charge in [-0.05, 0) is 38.6 Å². The molecule has 0 bridgehead atoms. The average Bonchev–Trinajstić information content (AvgIpc) is 3.05. The lowest BCUT2D eigenvalue weighted by Gasteiger charge is -2.22. The van der Waals surface area contributed by atoms with Crippen LogP contribution in [0.4, 0.5) is 0 Å². The Labute approximate surface area is 110 Å². The van der Waals surface area contributed by atoms with E-state index in [2.05, 4.69) is 12.2 Å². The van der Waals surface area contributed by atoms with Crippen LogP contribution in [0.5, 0.6) is 0 Å². The van der Waals surface area contributed by atoms with E-state index < -0.39 is 0 Å². The van der Waals surface area contributed by atoms with Crippen LogP contribution in [0.3, 0.4) is 0 Å². The van der Waals surface area contributed by atoms with E-state index in [9.17, 15) is 0 Å². The van der Waals surface area contributed by atoms with Crippen molar-refractivity contribution in [2.24, 2.45) is 0 Å². The monoisotopic (exact) mass is 257 g/mol. The third-order valence-corrected chi connectivity index (χ3v) is 3.71. The van der Waals surface area contributed by atoms with E-state index in [-0.39, 0.29) is 6.29 Å². The lowest BCUT2D eigenvalue weighted by atomic mass is 10.0. The molecule has 4 nitrogen and oxygen atoms in total. The van der Waals surface area contributed by atoms with Crippen molar-refractivity contribution in [3.63, 3.8) is 0 Å². The molecular weight excluding hydrogens is 230 g/mol. The Morgan fingerprint density at radius 2 is 2.00 bits per heavy atom. The van der Waals surface area contributed by atoms with E-state index >= 15 is 0 Å². The Bertz CT molecular complexity index is 213. The summed E-state index contributed by atoms with van der Waals surface area (Å²) in [6.45, 7) is 5.72. The molecule has 2 atom stereocenters. The zero-order valence-electron chi connectivity index (χ0n) is 11.5. The Hall–Kier alpha value is -0.160. The number of nitrogens with one attached hydrogen (secondary N) is 1. The first-order valence-electron chi connectivity index (χ1n) is 7.46. The lowest BCUT2D eigenvalue weighted by Crippen LogP contribution is -2.34. The summed E-state index contributed by atoms with van der Waals surface area (Å²) in [4.78, 5) is 0. The standard InChI is InChI=1S/C14H27NO3/c1-2-7-15-12(11-14-17-9-10-18-14)5-6-13-4-3-8-16-13/h12-15H,2-11H2,1H3. The predicted molar refractivity (Wildman–Crippen MR) is 70.6 cm³/mol. The number of hydrogen-bond acceptors (Lipinski definition) is 4. The second kappa shape index (κ2) is 8.10. The Morgan fingerprint density at radius 3 is 2.67 bits per heavy atom. The summed E-state index contributed by atoms with van der Waals surface area (Å²) in [5.41, 5.74) is 0. The molecule has 0 radical (unpaired) electrons. The summed E-state index contributed by atoms with van der Waals surface area (Å²) in [6, 6.07) is 0.497. The first-order chi connectivity index (χ1) is 8.88. The van der Waals surface area contributed by atoms with Crippen LogP contribution < -0.4 is 5.32 Å². The summed E-state index contributed by atoms with van der Waals surface area (Å²) in [5.74, 6) is 0. The molecular formula is C14H27NO3. The number of hydrogen-bond donors (Lipinski definition) is 1. The van der Waals surface area contributed by atoms with Gasteiger partial charge in [0.05, 0.1) is 19.3 Å². The number of rotatable bonds is 8. The first kappa shape index (κ1) is 14.3. The summed E-state index contributed by atoms with van der Waals surface area (Å²) in [7, 11) is 0. The highest BCUT2D eigenvalue weighted by Crippen LogP contribution is 2.20. The maximum Gasteiger partial charge on any atom is 0.159 e. The van der Waals surface area contributed by atoms with Crippen molar-refractivity contribution in [2.75, 3.05) is 26.4 Å². The topological polar surface area (TPSA) is 39.7 Å². The van der Waals surface area contributed by atoms with Gasteiger partial charge < -0.3 is 19.5 Å². The van der Waals surface area contributed by atoms with Crippen molar-refractivity contribution in [3.8, 4) is 0 Å². The van der Waals surface area contributed by atoms with Gasteiger partial charge in [0.25, 0.3) is 0 Å². The minimum atomic E-state index is 0.00357. The van der Waals surface area contributed by atoms with Crippen molar-refractivity contribution < 1.29 is 14.2 Å². The van der Waals surface area contributed by atoms with Crippen LogP contribution in [0.15, 0.2) is 0 Å². The normalized spacial score (nSPS) is 26.8. The van der Waals surface area contributed by atoms with Crippen LogP contribution in [0.2, 0.25) is 0 Å². The van der Waals surface area contributed by atoms with Gasteiger partial charge in [0.1, 0.15) is 0 Å². The molecule has 2 rings (SSSR count). The van der Waals surface area contributed by atoms with Gasteiger partial charge in [0, 0.05) is 19.1 Å². The van der Waals surface area contributed by atoms with E-state index in [1.165, 1.54) is 19.3 Å². The molecule has 0 aromatic heterocycles. The van der Waals surface area contributed by atoms with Crippen LogP contribution in [0, 0.1) is 0 Å². The van der Waals surface area contributed by atoms with Crippen LogP contribution in [0.25, 0.3) is 0 Å². The maximum absolute atomic E-state index is 5.69. The molecule has 106 valence electrons. The molecule has 1 N–H and O–H groups in total. The summed E-state index contributed by atoms with van der Waals surface area (Å²) >= 11 is 0. The Kier molecular flexibility index (Phi) is 6.41. The van der Waals surface area contributed by atoms with Gasteiger partial charge in [0.15, 0.2) is 6.29 Å². The Morgan fingerprint density at radius 1 is 1.17 bits per heavy atom. The molecule has 2 saturated heterocycles. The molecule has 0 saturated carbocycles. The third kappa shape index (κ3) is 4.84.